The van der Waals surface area contributed by atoms with Gasteiger partial charge in [0.2, 0.25) is 11.8 Å². The first-order chi connectivity index (χ1) is 12.7. The fraction of sp³-hybridized carbons (Fsp3) is 0.333. The molecule has 2 amide bonds. The first-order valence-electron chi connectivity index (χ1n) is 8.99. The van der Waals surface area contributed by atoms with Gasteiger partial charge in [0.15, 0.2) is 0 Å². The summed E-state index contributed by atoms with van der Waals surface area (Å²) in [6.07, 6.45) is 1.82. The van der Waals surface area contributed by atoms with Crippen molar-refractivity contribution in [1.82, 2.24) is 10.6 Å². The number of amides is 2. The molecule has 1 unspecified atom stereocenters. The van der Waals surface area contributed by atoms with Crippen LogP contribution >= 0.6 is 0 Å². The van der Waals surface area contributed by atoms with E-state index in [2.05, 4.69) is 10.6 Å². The second kappa shape index (κ2) is 9.15. The van der Waals surface area contributed by atoms with Crippen LogP contribution in [0.15, 0.2) is 60.7 Å². The van der Waals surface area contributed by atoms with Crippen LogP contribution in [0.1, 0.15) is 24.0 Å². The Bertz CT molecular complexity index is 719. The lowest BCUT2D eigenvalue weighted by molar-refractivity contribution is -0.137. The zero-order valence-electron chi connectivity index (χ0n) is 14.7. The lowest BCUT2D eigenvalue weighted by Crippen LogP contribution is -2.61. The fourth-order valence-corrected chi connectivity index (χ4v) is 3.00. The van der Waals surface area contributed by atoms with Crippen LogP contribution in [0.4, 0.5) is 0 Å². The van der Waals surface area contributed by atoms with E-state index in [1.165, 1.54) is 0 Å². The molecule has 136 valence electrons. The van der Waals surface area contributed by atoms with Crippen LogP contribution in [0.25, 0.3) is 0 Å². The molecule has 0 spiro atoms. The third-order valence-electron chi connectivity index (χ3n) is 4.49. The summed E-state index contributed by atoms with van der Waals surface area (Å²) in [7, 11) is 0. The number of aryl methyl sites for hydroxylation is 1. The van der Waals surface area contributed by atoms with Crippen LogP contribution in [-0.4, -0.2) is 30.5 Å². The van der Waals surface area contributed by atoms with Crippen molar-refractivity contribution in [3.63, 3.8) is 0 Å². The van der Waals surface area contributed by atoms with E-state index in [0.29, 0.717) is 26.1 Å². The summed E-state index contributed by atoms with van der Waals surface area (Å²) in [6.45, 7) is 0.921. The van der Waals surface area contributed by atoms with Gasteiger partial charge in [-0.15, -0.1) is 0 Å². The summed E-state index contributed by atoms with van der Waals surface area (Å²) < 4.78 is 5.61. The van der Waals surface area contributed by atoms with E-state index in [4.69, 9.17) is 4.74 Å². The second-order valence-electron chi connectivity index (χ2n) is 6.47. The monoisotopic (exact) mass is 352 g/mol. The predicted molar refractivity (Wildman–Crippen MR) is 99.3 cm³/mol. The molecule has 1 aliphatic rings. The maximum Gasteiger partial charge on any atom is 0.243 e. The van der Waals surface area contributed by atoms with Crippen molar-refractivity contribution in [2.75, 3.05) is 6.61 Å². The van der Waals surface area contributed by atoms with Crippen molar-refractivity contribution in [2.45, 2.75) is 38.0 Å². The van der Waals surface area contributed by atoms with Crippen LogP contribution in [0.3, 0.4) is 0 Å². The average Bonchev–Trinajstić information content (AvgIpc) is 2.68. The molecule has 2 aromatic rings. The Morgan fingerprint density at radius 3 is 1.88 bits per heavy atom. The SMILES string of the molecule is O=C1N[C@H](CCc2ccccc2)C(=O)NC1CCOCc1ccccc1. The van der Waals surface area contributed by atoms with Crippen molar-refractivity contribution in [3.05, 3.63) is 71.8 Å². The number of ether oxygens (including phenoxy) is 1. The molecule has 1 aliphatic heterocycles. The molecule has 0 aromatic heterocycles. The number of piperazine rings is 1. The topological polar surface area (TPSA) is 67.4 Å². The molecule has 2 aromatic carbocycles. The smallest absolute Gasteiger partial charge is 0.243 e. The molecule has 2 atom stereocenters. The largest absolute Gasteiger partial charge is 0.377 e. The van der Waals surface area contributed by atoms with Crippen molar-refractivity contribution < 1.29 is 14.3 Å². The van der Waals surface area contributed by atoms with Gasteiger partial charge in [0.25, 0.3) is 0 Å². The zero-order valence-corrected chi connectivity index (χ0v) is 14.7. The van der Waals surface area contributed by atoms with E-state index in [1.807, 2.05) is 60.7 Å². The van der Waals surface area contributed by atoms with Crippen molar-refractivity contribution in [3.8, 4) is 0 Å². The Labute approximate surface area is 153 Å². The highest BCUT2D eigenvalue weighted by Crippen LogP contribution is 2.10. The minimum absolute atomic E-state index is 0.117. The van der Waals surface area contributed by atoms with Crippen LogP contribution in [0.2, 0.25) is 0 Å². The molecule has 1 saturated heterocycles. The van der Waals surface area contributed by atoms with E-state index < -0.39 is 12.1 Å². The van der Waals surface area contributed by atoms with Gasteiger partial charge in [-0.05, 0) is 30.4 Å². The summed E-state index contributed by atoms with van der Waals surface area (Å²) in [6, 6.07) is 18.8. The number of hydrogen-bond donors (Lipinski definition) is 2. The van der Waals surface area contributed by atoms with Crippen molar-refractivity contribution in [2.24, 2.45) is 0 Å². The maximum atomic E-state index is 12.3. The van der Waals surface area contributed by atoms with Crippen LogP contribution in [0, 0.1) is 0 Å². The Balaban J connectivity index is 1.40. The summed E-state index contributed by atoms with van der Waals surface area (Å²) in [5.74, 6) is -0.250. The summed E-state index contributed by atoms with van der Waals surface area (Å²) in [4.78, 5) is 24.5. The van der Waals surface area contributed by atoms with E-state index >= 15 is 0 Å². The molecule has 2 N–H and O–H groups in total. The molecule has 26 heavy (non-hydrogen) atoms. The van der Waals surface area contributed by atoms with Gasteiger partial charge in [0.1, 0.15) is 12.1 Å². The number of carbonyl (C=O) groups excluding carboxylic acids is 2. The van der Waals surface area contributed by atoms with E-state index in [1.54, 1.807) is 0 Å². The van der Waals surface area contributed by atoms with E-state index in [0.717, 1.165) is 17.5 Å². The Morgan fingerprint density at radius 1 is 0.731 bits per heavy atom. The number of nitrogens with one attached hydrogen (secondary N) is 2. The number of carbonyl (C=O) groups is 2. The van der Waals surface area contributed by atoms with Crippen LogP contribution < -0.4 is 10.6 Å². The summed E-state index contributed by atoms with van der Waals surface area (Å²) in [5, 5.41) is 5.66. The van der Waals surface area contributed by atoms with Gasteiger partial charge in [-0.2, -0.15) is 0 Å². The van der Waals surface area contributed by atoms with E-state index in [-0.39, 0.29) is 11.8 Å². The van der Waals surface area contributed by atoms with Gasteiger partial charge in [-0.1, -0.05) is 60.7 Å². The Kier molecular flexibility index (Phi) is 6.39. The van der Waals surface area contributed by atoms with Gasteiger partial charge < -0.3 is 15.4 Å². The summed E-state index contributed by atoms with van der Waals surface area (Å²) in [5.41, 5.74) is 2.25. The van der Waals surface area contributed by atoms with Crippen molar-refractivity contribution in [1.29, 1.82) is 0 Å². The molecule has 5 heteroatoms. The maximum absolute atomic E-state index is 12.3. The molecule has 3 rings (SSSR count). The lowest BCUT2D eigenvalue weighted by atomic mass is 10.0. The van der Waals surface area contributed by atoms with E-state index in [9.17, 15) is 9.59 Å². The first-order valence-corrected chi connectivity index (χ1v) is 8.99. The molecular weight excluding hydrogens is 328 g/mol. The molecule has 1 heterocycles. The summed E-state index contributed by atoms with van der Waals surface area (Å²) >= 11 is 0. The highest BCUT2D eigenvalue weighted by atomic mass is 16.5. The van der Waals surface area contributed by atoms with Gasteiger partial charge in [-0.25, -0.2) is 0 Å². The highest BCUT2D eigenvalue weighted by Gasteiger charge is 2.32. The number of rotatable bonds is 8. The highest BCUT2D eigenvalue weighted by molar-refractivity contribution is 5.96. The quantitative estimate of drug-likeness (QED) is 0.716. The predicted octanol–water partition coefficient (Wildman–Crippen LogP) is 2.21. The average molecular weight is 352 g/mol. The van der Waals surface area contributed by atoms with Gasteiger partial charge >= 0.3 is 0 Å². The lowest BCUT2D eigenvalue weighted by Gasteiger charge is -2.29. The first kappa shape index (κ1) is 18.1. The van der Waals surface area contributed by atoms with Gasteiger partial charge in [0.05, 0.1) is 6.61 Å². The number of benzene rings is 2. The molecule has 0 bridgehead atoms. The Morgan fingerprint density at radius 2 is 1.27 bits per heavy atom. The molecule has 0 aliphatic carbocycles. The molecule has 5 nitrogen and oxygen atoms in total. The van der Waals surface area contributed by atoms with Crippen LogP contribution in [0.5, 0.6) is 0 Å². The third kappa shape index (κ3) is 5.17. The normalized spacial score (nSPS) is 19.7. The van der Waals surface area contributed by atoms with Gasteiger partial charge in [0, 0.05) is 6.61 Å². The minimum atomic E-state index is -0.522. The van der Waals surface area contributed by atoms with Gasteiger partial charge in [-0.3, -0.25) is 9.59 Å². The standard InChI is InChI=1S/C21H24N2O3/c24-20-18(12-11-16-7-3-1-4-8-16)22-21(25)19(23-20)13-14-26-15-17-9-5-2-6-10-17/h1-10,18-19H,11-15H2,(H,22,25)(H,23,24)/t18-,19?/m1/s1. The molecular formula is C21H24N2O3. The second-order valence-corrected chi connectivity index (χ2v) is 6.47. The third-order valence-corrected chi connectivity index (χ3v) is 4.49. The number of hydrogen-bond acceptors (Lipinski definition) is 3. The zero-order chi connectivity index (χ0) is 18.2. The fourth-order valence-electron chi connectivity index (χ4n) is 3.00. The Hall–Kier alpha value is -2.66. The minimum Gasteiger partial charge on any atom is -0.377 e. The molecule has 1 fully saturated rings. The van der Waals surface area contributed by atoms with Crippen molar-refractivity contribution >= 4 is 11.8 Å². The molecule has 0 saturated carbocycles. The molecule has 0 radical (unpaired) electrons. The van der Waals surface area contributed by atoms with Crippen LogP contribution in [-0.2, 0) is 27.4 Å².